The first kappa shape index (κ1) is 11.5. The highest BCUT2D eigenvalue weighted by Crippen LogP contribution is 2.08. The van der Waals surface area contributed by atoms with Gasteiger partial charge in [-0.25, -0.2) is 0 Å². The molecule has 5 heteroatoms. The van der Waals surface area contributed by atoms with Crippen molar-refractivity contribution in [3.05, 3.63) is 0 Å². The highest BCUT2D eigenvalue weighted by Gasteiger charge is 2.23. The maximum absolute atomic E-state index is 11.7. The monoisotopic (exact) mass is 262 g/mol. The van der Waals surface area contributed by atoms with E-state index in [0.29, 0.717) is 0 Å². The van der Waals surface area contributed by atoms with E-state index in [1.807, 2.05) is 0 Å². The molecule has 80 valence electrons. The van der Waals surface area contributed by atoms with Gasteiger partial charge in [0.2, 0.25) is 11.8 Å². The number of carbonyl (C=O) groups excluding carboxylic acids is 2. The van der Waals surface area contributed by atoms with Crippen LogP contribution in [0.4, 0.5) is 0 Å². The van der Waals surface area contributed by atoms with Crippen molar-refractivity contribution in [2.24, 2.45) is 0 Å². The van der Waals surface area contributed by atoms with Crippen molar-refractivity contribution >= 4 is 27.7 Å². The van der Waals surface area contributed by atoms with E-state index < -0.39 is 6.04 Å². The minimum absolute atomic E-state index is 0.0248. The van der Waals surface area contributed by atoms with Gasteiger partial charge >= 0.3 is 0 Å². The summed E-state index contributed by atoms with van der Waals surface area (Å²) in [6.07, 6.45) is 2.15. The Kier molecular flexibility index (Phi) is 4.38. The lowest BCUT2D eigenvalue weighted by Crippen LogP contribution is -2.46. The Balaban J connectivity index is 2.39. The van der Waals surface area contributed by atoms with Crippen molar-refractivity contribution in [1.82, 2.24) is 10.2 Å². The van der Waals surface area contributed by atoms with Crippen LogP contribution in [0.3, 0.4) is 0 Å². The van der Waals surface area contributed by atoms with Crippen LogP contribution in [0.25, 0.3) is 0 Å². The van der Waals surface area contributed by atoms with Gasteiger partial charge in [-0.15, -0.1) is 0 Å². The number of halogens is 1. The second-order valence-electron chi connectivity index (χ2n) is 3.46. The highest BCUT2D eigenvalue weighted by molar-refractivity contribution is 9.09. The zero-order valence-corrected chi connectivity index (χ0v) is 9.84. The predicted octanol–water partition coefficient (Wildman–Crippen LogP) is 0.508. The molecular weight excluding hydrogens is 248 g/mol. The minimum atomic E-state index is -0.404. The van der Waals surface area contributed by atoms with Crippen LogP contribution < -0.4 is 5.32 Å². The van der Waals surface area contributed by atoms with Crippen LogP contribution in [0.15, 0.2) is 0 Å². The Morgan fingerprint density at radius 1 is 1.43 bits per heavy atom. The van der Waals surface area contributed by atoms with Crippen LogP contribution in [0.5, 0.6) is 0 Å². The van der Waals surface area contributed by atoms with Gasteiger partial charge in [-0.1, -0.05) is 15.9 Å². The summed E-state index contributed by atoms with van der Waals surface area (Å²) in [6.45, 7) is 3.38. The number of carbonyl (C=O) groups is 2. The van der Waals surface area contributed by atoms with Crippen molar-refractivity contribution in [3.63, 3.8) is 0 Å². The number of hydrogen-bond donors (Lipinski definition) is 1. The van der Waals surface area contributed by atoms with Gasteiger partial charge < -0.3 is 10.2 Å². The lowest BCUT2D eigenvalue weighted by atomic mass is 10.3. The third kappa shape index (κ3) is 2.97. The third-order valence-corrected chi connectivity index (χ3v) is 2.80. The standard InChI is InChI=1S/C9H15BrN2O2/c1-7(11-8(13)6-10)9(14)12-4-2-3-5-12/h7H,2-6H2,1H3,(H,11,13). The molecule has 0 saturated carbocycles. The summed E-state index contributed by atoms with van der Waals surface area (Å²) < 4.78 is 0. The quantitative estimate of drug-likeness (QED) is 0.754. The summed E-state index contributed by atoms with van der Waals surface area (Å²) in [5, 5.41) is 2.87. The zero-order valence-electron chi connectivity index (χ0n) is 8.25. The van der Waals surface area contributed by atoms with E-state index in [-0.39, 0.29) is 17.1 Å². The molecule has 2 amide bonds. The van der Waals surface area contributed by atoms with Gasteiger partial charge in [0, 0.05) is 13.1 Å². The normalized spacial score (nSPS) is 18.0. The van der Waals surface area contributed by atoms with E-state index in [4.69, 9.17) is 0 Å². The maximum atomic E-state index is 11.7. The first-order valence-corrected chi connectivity index (χ1v) is 5.91. The van der Waals surface area contributed by atoms with Crippen LogP contribution in [-0.4, -0.2) is 41.2 Å². The molecule has 1 aliphatic heterocycles. The van der Waals surface area contributed by atoms with Crippen molar-refractivity contribution in [2.45, 2.75) is 25.8 Å². The summed E-state index contributed by atoms with van der Waals surface area (Å²) in [4.78, 5) is 24.5. The Labute approximate surface area is 92.2 Å². The smallest absolute Gasteiger partial charge is 0.244 e. The van der Waals surface area contributed by atoms with E-state index in [0.717, 1.165) is 25.9 Å². The van der Waals surface area contributed by atoms with Gasteiger partial charge in [0.1, 0.15) is 6.04 Å². The summed E-state index contributed by atoms with van der Waals surface area (Å²) in [5.74, 6) is -0.123. The van der Waals surface area contributed by atoms with Gasteiger partial charge in [0.25, 0.3) is 0 Å². The van der Waals surface area contributed by atoms with Gasteiger partial charge in [0.15, 0.2) is 0 Å². The number of nitrogens with one attached hydrogen (secondary N) is 1. The number of likely N-dealkylation sites (tertiary alicyclic amines) is 1. The highest BCUT2D eigenvalue weighted by atomic mass is 79.9. The fourth-order valence-electron chi connectivity index (χ4n) is 1.55. The average Bonchev–Trinajstić information content (AvgIpc) is 2.69. The molecule has 1 saturated heterocycles. The minimum Gasteiger partial charge on any atom is -0.344 e. The molecule has 0 aromatic carbocycles. The number of hydrogen-bond acceptors (Lipinski definition) is 2. The van der Waals surface area contributed by atoms with Crippen LogP contribution in [0.1, 0.15) is 19.8 Å². The van der Waals surface area contributed by atoms with Gasteiger partial charge in [-0.05, 0) is 19.8 Å². The maximum Gasteiger partial charge on any atom is 0.244 e. The number of rotatable bonds is 3. The molecule has 0 aliphatic carbocycles. The first-order valence-electron chi connectivity index (χ1n) is 4.79. The van der Waals surface area contributed by atoms with Crippen LogP contribution in [0, 0.1) is 0 Å². The van der Waals surface area contributed by atoms with E-state index in [9.17, 15) is 9.59 Å². The Bertz CT molecular complexity index is 227. The molecule has 0 radical (unpaired) electrons. The van der Waals surface area contributed by atoms with Crippen LogP contribution >= 0.6 is 15.9 Å². The lowest BCUT2D eigenvalue weighted by Gasteiger charge is -2.20. The molecule has 1 fully saturated rings. The molecular formula is C9H15BrN2O2. The molecule has 0 spiro atoms. The summed E-state index contributed by atoms with van der Waals surface area (Å²) >= 11 is 3.04. The summed E-state index contributed by atoms with van der Waals surface area (Å²) in [7, 11) is 0. The topological polar surface area (TPSA) is 49.4 Å². The predicted molar refractivity (Wildman–Crippen MR) is 57.2 cm³/mol. The van der Waals surface area contributed by atoms with Crippen molar-refractivity contribution in [3.8, 4) is 0 Å². The number of alkyl halides is 1. The second-order valence-corrected chi connectivity index (χ2v) is 4.02. The summed E-state index contributed by atoms with van der Waals surface area (Å²) in [6, 6.07) is -0.404. The third-order valence-electron chi connectivity index (χ3n) is 2.29. The Hall–Kier alpha value is -0.580. The Morgan fingerprint density at radius 3 is 2.50 bits per heavy atom. The fraction of sp³-hybridized carbons (Fsp3) is 0.778. The molecule has 1 rings (SSSR count). The van der Waals surface area contributed by atoms with Crippen LogP contribution in [0.2, 0.25) is 0 Å². The van der Waals surface area contributed by atoms with E-state index in [2.05, 4.69) is 21.2 Å². The molecule has 14 heavy (non-hydrogen) atoms. The number of amides is 2. The molecule has 4 nitrogen and oxygen atoms in total. The molecule has 0 bridgehead atoms. The molecule has 1 aliphatic rings. The molecule has 1 unspecified atom stereocenters. The van der Waals surface area contributed by atoms with E-state index >= 15 is 0 Å². The molecule has 0 aromatic rings. The van der Waals surface area contributed by atoms with Gasteiger partial charge in [-0.2, -0.15) is 0 Å². The lowest BCUT2D eigenvalue weighted by molar-refractivity contribution is -0.134. The molecule has 1 atom stereocenters. The number of nitrogens with zero attached hydrogens (tertiary/aromatic N) is 1. The zero-order chi connectivity index (χ0) is 10.6. The fourth-order valence-corrected chi connectivity index (χ4v) is 1.72. The largest absolute Gasteiger partial charge is 0.344 e. The molecule has 1 heterocycles. The first-order chi connectivity index (χ1) is 6.65. The second kappa shape index (κ2) is 5.34. The Morgan fingerprint density at radius 2 is 2.00 bits per heavy atom. The van der Waals surface area contributed by atoms with Crippen molar-refractivity contribution in [2.75, 3.05) is 18.4 Å². The van der Waals surface area contributed by atoms with Crippen molar-refractivity contribution in [1.29, 1.82) is 0 Å². The average molecular weight is 263 g/mol. The van der Waals surface area contributed by atoms with Crippen molar-refractivity contribution < 1.29 is 9.59 Å². The molecule has 1 N–H and O–H groups in total. The van der Waals surface area contributed by atoms with E-state index in [1.54, 1.807) is 11.8 Å². The molecule has 0 aromatic heterocycles. The van der Waals surface area contributed by atoms with Gasteiger partial charge in [0.05, 0.1) is 5.33 Å². The SMILES string of the molecule is CC(NC(=O)CBr)C(=O)N1CCCC1. The summed E-state index contributed by atoms with van der Waals surface area (Å²) in [5.41, 5.74) is 0. The van der Waals surface area contributed by atoms with Crippen LogP contribution in [-0.2, 0) is 9.59 Å². The van der Waals surface area contributed by atoms with Gasteiger partial charge in [-0.3, -0.25) is 9.59 Å². The van der Waals surface area contributed by atoms with E-state index in [1.165, 1.54) is 0 Å².